The van der Waals surface area contributed by atoms with Crippen molar-refractivity contribution in [2.75, 3.05) is 19.4 Å². The van der Waals surface area contributed by atoms with Crippen LogP contribution in [-0.4, -0.2) is 24.9 Å². The minimum Gasteiger partial charge on any atom is -0.459 e. The third kappa shape index (κ3) is 4.25. The number of para-hydroxylation sites is 1. The maximum absolute atomic E-state index is 12.9. The summed E-state index contributed by atoms with van der Waals surface area (Å²) in [5.74, 6) is 0.463. The van der Waals surface area contributed by atoms with Gasteiger partial charge in [0, 0.05) is 11.9 Å². The van der Waals surface area contributed by atoms with Gasteiger partial charge in [-0.25, -0.2) is 0 Å². The number of anilines is 1. The first-order chi connectivity index (χ1) is 12.3. The maximum Gasteiger partial charge on any atom is 0.258 e. The molecule has 3 aromatic rings. The van der Waals surface area contributed by atoms with Crippen molar-refractivity contribution >= 4 is 58.2 Å². The number of hydrogen-bond acceptors (Lipinski definition) is 3. The molecule has 3 rings (SSSR count). The zero-order valence-corrected chi connectivity index (χ0v) is 17.9. The molecular formula is C20H21Cl3N2O2. The number of aryl methyl sites for hydroxylation is 2. The highest BCUT2D eigenvalue weighted by atomic mass is 35.5. The van der Waals surface area contributed by atoms with Crippen LogP contribution in [0.2, 0.25) is 10.0 Å². The fourth-order valence-corrected chi connectivity index (χ4v) is 3.51. The van der Waals surface area contributed by atoms with Crippen LogP contribution in [0, 0.1) is 13.8 Å². The molecule has 0 aliphatic rings. The Hall–Kier alpha value is -1.72. The number of furan rings is 1. The minimum absolute atomic E-state index is 0. The third-order valence-corrected chi connectivity index (χ3v) is 5.08. The number of amides is 1. The Morgan fingerprint density at radius 3 is 2.52 bits per heavy atom. The number of hydrogen-bond donors (Lipinski definition) is 1. The summed E-state index contributed by atoms with van der Waals surface area (Å²) >= 11 is 12.7. The summed E-state index contributed by atoms with van der Waals surface area (Å²) in [7, 11) is 3.87. The van der Waals surface area contributed by atoms with Crippen molar-refractivity contribution in [1.29, 1.82) is 0 Å². The second-order valence-electron chi connectivity index (χ2n) is 6.55. The van der Waals surface area contributed by atoms with E-state index < -0.39 is 0 Å². The number of nitrogens with zero attached hydrogens (tertiary/aromatic N) is 1. The summed E-state index contributed by atoms with van der Waals surface area (Å²) in [6, 6.07) is 9.18. The molecule has 0 unspecified atom stereocenters. The Balaban J connectivity index is 0.00000261. The molecule has 7 heteroatoms. The molecule has 1 aromatic heterocycles. The molecule has 0 saturated heterocycles. The van der Waals surface area contributed by atoms with Crippen LogP contribution in [0.25, 0.3) is 11.0 Å². The average Bonchev–Trinajstić information content (AvgIpc) is 2.86. The molecule has 1 N–H and O–H groups in total. The minimum atomic E-state index is -0.361. The van der Waals surface area contributed by atoms with E-state index in [2.05, 4.69) is 5.32 Å². The standard InChI is InChI=1S/C20H20Cl2N2O2.ClH/c1-11-12(2)26-19-14(11)6-5-7-16(19)23-20(25)17-15(21)9-8-13(18(17)22)10-24(3)4;/h5-9H,10H2,1-4H3,(H,23,25);1H. The number of carbonyl (C=O) groups is 1. The molecule has 0 saturated carbocycles. The highest BCUT2D eigenvalue weighted by Crippen LogP contribution is 2.33. The Labute approximate surface area is 174 Å². The largest absolute Gasteiger partial charge is 0.459 e. The van der Waals surface area contributed by atoms with Crippen molar-refractivity contribution in [2.45, 2.75) is 20.4 Å². The van der Waals surface area contributed by atoms with Crippen molar-refractivity contribution in [1.82, 2.24) is 4.90 Å². The summed E-state index contributed by atoms with van der Waals surface area (Å²) in [5, 5.41) is 4.54. The maximum atomic E-state index is 12.9. The van der Waals surface area contributed by atoms with Crippen molar-refractivity contribution in [2.24, 2.45) is 0 Å². The van der Waals surface area contributed by atoms with Crippen LogP contribution < -0.4 is 5.32 Å². The molecule has 0 fully saturated rings. The Morgan fingerprint density at radius 2 is 1.85 bits per heavy atom. The normalized spacial score (nSPS) is 10.9. The van der Waals surface area contributed by atoms with Gasteiger partial charge in [-0.15, -0.1) is 12.4 Å². The van der Waals surface area contributed by atoms with Crippen molar-refractivity contribution in [3.8, 4) is 0 Å². The number of halogens is 3. The number of nitrogens with one attached hydrogen (secondary N) is 1. The van der Waals surface area contributed by atoms with Gasteiger partial charge < -0.3 is 14.6 Å². The van der Waals surface area contributed by atoms with Gasteiger partial charge in [0.05, 0.1) is 21.3 Å². The number of benzene rings is 2. The average molecular weight is 428 g/mol. The lowest BCUT2D eigenvalue weighted by atomic mass is 10.1. The number of fused-ring (bicyclic) bond motifs is 1. The fourth-order valence-electron chi connectivity index (χ4n) is 2.91. The highest BCUT2D eigenvalue weighted by Gasteiger charge is 2.20. The fraction of sp³-hybridized carbons (Fsp3) is 0.250. The van der Waals surface area contributed by atoms with Gasteiger partial charge in [-0.3, -0.25) is 4.79 Å². The molecule has 1 heterocycles. The molecule has 0 radical (unpaired) electrons. The van der Waals surface area contributed by atoms with Crippen LogP contribution >= 0.6 is 35.6 Å². The molecule has 144 valence electrons. The predicted octanol–water partition coefficient (Wildman–Crippen LogP) is 6.09. The van der Waals surface area contributed by atoms with Gasteiger partial charge in [0.25, 0.3) is 5.91 Å². The van der Waals surface area contributed by atoms with Crippen molar-refractivity contribution in [3.63, 3.8) is 0 Å². The lowest BCUT2D eigenvalue weighted by Gasteiger charge is -2.15. The van der Waals surface area contributed by atoms with Gasteiger partial charge in [-0.2, -0.15) is 0 Å². The first-order valence-corrected chi connectivity index (χ1v) is 8.97. The molecule has 0 bridgehead atoms. The van der Waals surface area contributed by atoms with E-state index in [0.717, 1.165) is 22.3 Å². The summed E-state index contributed by atoms with van der Waals surface area (Å²) in [6.07, 6.45) is 0. The van der Waals surface area contributed by atoms with E-state index in [-0.39, 0.29) is 23.9 Å². The molecular weight excluding hydrogens is 407 g/mol. The van der Waals surface area contributed by atoms with Gasteiger partial charge in [0.2, 0.25) is 0 Å². The van der Waals surface area contributed by atoms with Gasteiger partial charge in [-0.1, -0.05) is 41.4 Å². The van der Waals surface area contributed by atoms with E-state index in [1.807, 2.05) is 51.0 Å². The van der Waals surface area contributed by atoms with Crippen LogP contribution in [0.4, 0.5) is 5.69 Å². The van der Waals surface area contributed by atoms with E-state index in [1.54, 1.807) is 12.1 Å². The predicted molar refractivity (Wildman–Crippen MR) is 115 cm³/mol. The summed E-state index contributed by atoms with van der Waals surface area (Å²) < 4.78 is 5.82. The second-order valence-corrected chi connectivity index (χ2v) is 7.34. The van der Waals surface area contributed by atoms with Crippen molar-refractivity contribution in [3.05, 3.63) is 62.8 Å². The zero-order chi connectivity index (χ0) is 19.0. The molecule has 1 amide bonds. The Bertz CT molecular complexity index is 997. The van der Waals surface area contributed by atoms with E-state index in [0.29, 0.717) is 27.9 Å². The molecule has 0 spiro atoms. The monoisotopic (exact) mass is 426 g/mol. The van der Waals surface area contributed by atoms with E-state index in [1.165, 1.54) is 0 Å². The van der Waals surface area contributed by atoms with Crippen LogP contribution in [-0.2, 0) is 6.54 Å². The van der Waals surface area contributed by atoms with Gasteiger partial charge in [0.1, 0.15) is 5.76 Å². The van der Waals surface area contributed by atoms with Gasteiger partial charge >= 0.3 is 0 Å². The molecule has 27 heavy (non-hydrogen) atoms. The number of rotatable bonds is 4. The Morgan fingerprint density at radius 1 is 1.15 bits per heavy atom. The summed E-state index contributed by atoms with van der Waals surface area (Å²) in [4.78, 5) is 14.9. The van der Waals surface area contributed by atoms with Crippen LogP contribution in [0.5, 0.6) is 0 Å². The molecule has 2 aromatic carbocycles. The van der Waals surface area contributed by atoms with Gasteiger partial charge in [-0.05, 0) is 51.2 Å². The first kappa shape index (κ1) is 21.6. The molecule has 0 atom stereocenters. The SMILES string of the molecule is Cc1oc2c(NC(=O)c3c(Cl)ccc(CN(C)C)c3Cl)cccc2c1C.Cl. The lowest BCUT2D eigenvalue weighted by molar-refractivity contribution is 0.102. The second kappa shape index (κ2) is 8.53. The molecule has 0 aliphatic carbocycles. The third-order valence-electron chi connectivity index (χ3n) is 4.34. The van der Waals surface area contributed by atoms with Crippen LogP contribution in [0.15, 0.2) is 34.7 Å². The first-order valence-electron chi connectivity index (χ1n) is 8.21. The van der Waals surface area contributed by atoms with E-state index >= 15 is 0 Å². The highest BCUT2D eigenvalue weighted by molar-refractivity contribution is 6.41. The summed E-state index contributed by atoms with van der Waals surface area (Å²) in [6.45, 7) is 4.51. The molecule has 4 nitrogen and oxygen atoms in total. The quantitative estimate of drug-likeness (QED) is 0.548. The van der Waals surface area contributed by atoms with E-state index in [9.17, 15) is 4.79 Å². The lowest BCUT2D eigenvalue weighted by Crippen LogP contribution is -2.16. The van der Waals surface area contributed by atoms with Crippen LogP contribution in [0.1, 0.15) is 27.2 Å². The number of carbonyl (C=O) groups excluding carboxylic acids is 1. The topological polar surface area (TPSA) is 45.5 Å². The smallest absolute Gasteiger partial charge is 0.258 e. The van der Waals surface area contributed by atoms with Crippen LogP contribution in [0.3, 0.4) is 0 Å². The van der Waals surface area contributed by atoms with Gasteiger partial charge in [0.15, 0.2) is 5.58 Å². The Kier molecular flexibility index (Phi) is 6.82. The van der Waals surface area contributed by atoms with Crippen molar-refractivity contribution < 1.29 is 9.21 Å². The molecule has 0 aliphatic heterocycles. The summed E-state index contributed by atoms with van der Waals surface area (Å²) in [5.41, 5.74) is 3.40. The zero-order valence-electron chi connectivity index (χ0n) is 15.5. The van der Waals surface area contributed by atoms with E-state index in [4.69, 9.17) is 27.6 Å².